The molecule has 1 aromatic heterocycles. The molecule has 0 bridgehead atoms. The lowest BCUT2D eigenvalue weighted by Crippen LogP contribution is -2.35. The van der Waals surface area contributed by atoms with Crippen molar-refractivity contribution in [3.8, 4) is 11.5 Å². The summed E-state index contributed by atoms with van der Waals surface area (Å²) in [6.45, 7) is 1.64. The fraction of sp³-hybridized carbons (Fsp3) is 0.200. The molecule has 2 aromatic carbocycles. The molecule has 0 aliphatic carbocycles. The van der Waals surface area contributed by atoms with Gasteiger partial charge in [-0.1, -0.05) is 35.6 Å². The third-order valence-electron chi connectivity index (χ3n) is 5.24. The molecule has 0 atom stereocenters. The predicted octanol–water partition coefficient (Wildman–Crippen LogP) is 1.84. The van der Waals surface area contributed by atoms with Gasteiger partial charge in [0.1, 0.15) is 0 Å². The lowest BCUT2D eigenvalue weighted by molar-refractivity contribution is -0.136. The van der Waals surface area contributed by atoms with Crippen LogP contribution >= 0.6 is 11.3 Å². The highest BCUT2D eigenvalue weighted by Crippen LogP contribution is 2.28. The molecule has 4 rings (SSSR count). The molecule has 2 heterocycles. The number of nitrogens with one attached hydrogen (secondary N) is 1. The van der Waals surface area contributed by atoms with Crippen LogP contribution in [0, 0.1) is 0 Å². The number of methoxy groups -OCH3 is 2. The van der Waals surface area contributed by atoms with Gasteiger partial charge in [0.05, 0.1) is 36.6 Å². The molecule has 0 spiro atoms. The van der Waals surface area contributed by atoms with E-state index in [0.717, 1.165) is 0 Å². The van der Waals surface area contributed by atoms with Gasteiger partial charge in [-0.2, -0.15) is 0 Å². The molecule has 10 heteroatoms. The molecule has 0 unspecified atom stereocenters. The first kappa shape index (κ1) is 24.0. The molecule has 0 fully saturated rings. The monoisotopic (exact) mass is 493 g/mol. The first-order valence-corrected chi connectivity index (χ1v) is 11.4. The Morgan fingerprint density at radius 3 is 2.63 bits per heavy atom. The summed E-state index contributed by atoms with van der Waals surface area (Å²) in [5.74, 6) is 0.0128. The zero-order chi connectivity index (χ0) is 24.9. The summed E-state index contributed by atoms with van der Waals surface area (Å²) in [7, 11) is 2.79. The van der Waals surface area contributed by atoms with Crippen LogP contribution in [-0.2, 0) is 20.9 Å². The van der Waals surface area contributed by atoms with Crippen molar-refractivity contribution in [2.45, 2.75) is 13.5 Å². The Hall–Kier alpha value is -4.18. The lowest BCUT2D eigenvalue weighted by atomic mass is 10.2. The number of hydrogen-bond donors (Lipinski definition) is 1. The summed E-state index contributed by atoms with van der Waals surface area (Å²) < 4.78 is 17.8. The van der Waals surface area contributed by atoms with E-state index in [1.807, 2.05) is 18.2 Å². The van der Waals surface area contributed by atoms with E-state index in [1.165, 1.54) is 30.1 Å². The van der Waals surface area contributed by atoms with Crippen molar-refractivity contribution in [2.24, 2.45) is 4.99 Å². The Labute approximate surface area is 204 Å². The minimum atomic E-state index is -0.502. The number of rotatable bonds is 7. The summed E-state index contributed by atoms with van der Waals surface area (Å²) in [5.41, 5.74) is 2.02. The number of fused-ring (bicyclic) bond motifs is 1. The Bertz CT molecular complexity index is 1490. The van der Waals surface area contributed by atoms with E-state index < -0.39 is 5.97 Å². The summed E-state index contributed by atoms with van der Waals surface area (Å²) in [4.78, 5) is 42.0. The predicted molar refractivity (Wildman–Crippen MR) is 131 cm³/mol. The van der Waals surface area contributed by atoms with Gasteiger partial charge in [0, 0.05) is 5.69 Å². The van der Waals surface area contributed by atoms with Crippen LogP contribution in [0.15, 0.2) is 69.6 Å². The minimum absolute atomic E-state index is 0.113. The number of anilines is 1. The molecule has 1 amide bonds. The summed E-state index contributed by atoms with van der Waals surface area (Å²) in [5, 5.41) is 2.75. The van der Waals surface area contributed by atoms with Gasteiger partial charge in [-0.15, -0.1) is 0 Å². The van der Waals surface area contributed by atoms with Gasteiger partial charge >= 0.3 is 5.97 Å². The first-order chi connectivity index (χ1) is 16.9. The maximum Gasteiger partial charge on any atom is 0.337 e. The number of esters is 1. The molecule has 0 saturated heterocycles. The van der Waals surface area contributed by atoms with Crippen molar-refractivity contribution < 1.29 is 23.8 Å². The second-order valence-electron chi connectivity index (χ2n) is 7.57. The van der Waals surface area contributed by atoms with Crippen LogP contribution < -0.4 is 29.7 Å². The number of aromatic nitrogens is 1. The van der Waals surface area contributed by atoms with Gasteiger partial charge < -0.3 is 19.5 Å². The molecule has 35 heavy (non-hydrogen) atoms. The van der Waals surface area contributed by atoms with Crippen molar-refractivity contribution >= 4 is 35.0 Å². The van der Waals surface area contributed by atoms with Crippen molar-refractivity contribution in [3.05, 3.63) is 85.1 Å². The third-order valence-corrected chi connectivity index (χ3v) is 6.24. The van der Waals surface area contributed by atoms with Crippen LogP contribution in [0.25, 0.3) is 6.08 Å². The molecule has 180 valence electrons. The number of carbonyl (C=O) groups excluding carboxylic acids is 2. The Morgan fingerprint density at radius 1 is 1.14 bits per heavy atom. The molecule has 9 nitrogen and oxygen atoms in total. The number of amides is 1. The van der Waals surface area contributed by atoms with E-state index in [9.17, 15) is 14.4 Å². The van der Waals surface area contributed by atoms with Gasteiger partial charge in [0.25, 0.3) is 11.5 Å². The van der Waals surface area contributed by atoms with Gasteiger partial charge in [-0.05, 0) is 42.8 Å². The van der Waals surface area contributed by atoms with Crippen LogP contribution in [0.2, 0.25) is 0 Å². The first-order valence-electron chi connectivity index (χ1n) is 10.6. The third kappa shape index (κ3) is 5.33. The minimum Gasteiger partial charge on any atom is -0.493 e. The average Bonchev–Trinajstić information content (AvgIpc) is 3.16. The van der Waals surface area contributed by atoms with E-state index in [1.54, 1.807) is 43.3 Å². The highest BCUT2D eigenvalue weighted by atomic mass is 32.1. The number of nitrogens with zero attached hydrogens (tertiary/aromatic N) is 2. The zero-order valence-corrected chi connectivity index (χ0v) is 20.2. The fourth-order valence-corrected chi connectivity index (χ4v) is 4.49. The van der Waals surface area contributed by atoms with Gasteiger partial charge in [-0.25, -0.2) is 9.79 Å². The van der Waals surface area contributed by atoms with Gasteiger partial charge in [0.15, 0.2) is 22.9 Å². The zero-order valence-electron chi connectivity index (χ0n) is 19.4. The lowest BCUT2D eigenvalue weighted by Gasteiger charge is -2.11. The molecule has 1 aliphatic heterocycles. The number of para-hydroxylation sites is 1. The number of benzene rings is 2. The largest absolute Gasteiger partial charge is 0.493 e. The number of ether oxygens (including phenoxy) is 3. The molecule has 3 aromatic rings. The topological polar surface area (TPSA) is 108 Å². The maximum absolute atomic E-state index is 12.9. The molecular weight excluding hydrogens is 470 g/mol. The van der Waals surface area contributed by atoms with Crippen LogP contribution in [0.3, 0.4) is 0 Å². The number of hydrogen-bond acceptors (Lipinski definition) is 8. The SMILES string of the molecule is COC(=O)C1=C(C)N=c2s/c(=C\c3ccc(OCC(=O)Nc4ccccc4)c(OC)c3)c(=O)n2C1. The van der Waals surface area contributed by atoms with Crippen LogP contribution in [0.4, 0.5) is 5.69 Å². The van der Waals surface area contributed by atoms with E-state index in [2.05, 4.69) is 10.3 Å². The standard InChI is InChI=1S/C25H23N3O6S/c1-15-18(24(31)33-3)13-28-23(30)21(35-25(28)26-15)12-16-9-10-19(20(11-16)32-2)34-14-22(29)27-17-7-5-4-6-8-17/h4-12H,13-14H2,1-3H3,(H,27,29)/b21-12-. The summed E-state index contributed by atoms with van der Waals surface area (Å²) >= 11 is 1.23. The summed E-state index contributed by atoms with van der Waals surface area (Å²) in [6.07, 6.45) is 1.72. The highest BCUT2D eigenvalue weighted by Gasteiger charge is 2.21. The molecule has 1 N–H and O–H groups in total. The van der Waals surface area contributed by atoms with Gasteiger partial charge in [-0.3, -0.25) is 14.2 Å². The van der Waals surface area contributed by atoms with Crippen molar-refractivity contribution in [3.63, 3.8) is 0 Å². The van der Waals surface area contributed by atoms with Crippen LogP contribution in [0.5, 0.6) is 11.5 Å². The number of allylic oxidation sites excluding steroid dienone is 1. The van der Waals surface area contributed by atoms with Crippen molar-refractivity contribution in [1.29, 1.82) is 0 Å². The molecule has 1 aliphatic rings. The fourth-order valence-electron chi connectivity index (χ4n) is 3.46. The van der Waals surface area contributed by atoms with Crippen molar-refractivity contribution in [2.75, 3.05) is 26.1 Å². The van der Waals surface area contributed by atoms with Crippen molar-refractivity contribution in [1.82, 2.24) is 4.57 Å². The Kier molecular flexibility index (Phi) is 7.11. The second-order valence-corrected chi connectivity index (χ2v) is 8.57. The van der Waals surface area contributed by atoms with E-state index in [-0.39, 0.29) is 24.6 Å². The van der Waals surface area contributed by atoms with Gasteiger partial charge in [0.2, 0.25) is 0 Å². The number of carbonyl (C=O) groups is 2. The Balaban J connectivity index is 1.53. The van der Waals surface area contributed by atoms with Crippen LogP contribution in [-0.4, -0.2) is 37.3 Å². The second kappa shape index (κ2) is 10.4. The normalized spacial score (nSPS) is 13.1. The quantitative estimate of drug-likeness (QED) is 0.504. The molecule has 0 saturated carbocycles. The van der Waals surface area contributed by atoms with E-state index in [4.69, 9.17) is 14.2 Å². The van der Waals surface area contributed by atoms with Crippen LogP contribution in [0.1, 0.15) is 12.5 Å². The average molecular weight is 494 g/mol. The molecule has 0 radical (unpaired) electrons. The van der Waals surface area contributed by atoms with E-state index >= 15 is 0 Å². The van der Waals surface area contributed by atoms with E-state index in [0.29, 0.717) is 43.4 Å². The maximum atomic E-state index is 12.9. The smallest absolute Gasteiger partial charge is 0.337 e. The molecular formula is C25H23N3O6S. The Morgan fingerprint density at radius 2 is 1.91 bits per heavy atom. The summed E-state index contributed by atoms with van der Waals surface area (Å²) in [6, 6.07) is 14.2. The number of thiazole rings is 1. The highest BCUT2D eigenvalue weighted by molar-refractivity contribution is 7.07.